The van der Waals surface area contributed by atoms with Gasteiger partial charge in [0, 0.05) is 37.8 Å². The number of piperazine rings is 1. The van der Waals surface area contributed by atoms with E-state index in [4.69, 9.17) is 0 Å². The van der Waals surface area contributed by atoms with Gasteiger partial charge in [-0.25, -0.2) is 22.0 Å². The maximum absolute atomic E-state index is 13.8. The molecule has 1 aliphatic rings. The Bertz CT molecular complexity index is 1050. The average Bonchev–Trinajstić information content (AvgIpc) is 2.72. The number of aryl methyl sites for hydroxylation is 2. The standard InChI is InChI=1S/C22H27F2N3O3S/c1-15-7-8-16(2)21(13-15)31(29,30)27-11-9-26(10-12-27)22(28)25-17(3)14-18-19(23)5-4-6-20(18)24/h4-8,13,17H,9-12,14H2,1-3H3,(H,25,28). The van der Waals surface area contributed by atoms with Crippen LogP contribution in [0.15, 0.2) is 41.3 Å². The summed E-state index contributed by atoms with van der Waals surface area (Å²) in [4.78, 5) is 14.4. The summed E-state index contributed by atoms with van der Waals surface area (Å²) in [5.41, 5.74) is 1.47. The molecule has 0 aliphatic carbocycles. The zero-order valence-corrected chi connectivity index (χ0v) is 18.7. The zero-order chi connectivity index (χ0) is 22.8. The van der Waals surface area contributed by atoms with Crippen LogP contribution in [0.25, 0.3) is 0 Å². The number of urea groups is 1. The fraction of sp³-hybridized carbons (Fsp3) is 0.409. The summed E-state index contributed by atoms with van der Waals surface area (Å²) in [7, 11) is -3.65. The minimum Gasteiger partial charge on any atom is -0.335 e. The van der Waals surface area contributed by atoms with Gasteiger partial charge in [0.25, 0.3) is 0 Å². The summed E-state index contributed by atoms with van der Waals surface area (Å²) in [6.45, 7) is 6.10. The minimum atomic E-state index is -3.65. The lowest BCUT2D eigenvalue weighted by molar-refractivity contribution is 0.169. The van der Waals surface area contributed by atoms with Crippen molar-refractivity contribution in [1.82, 2.24) is 14.5 Å². The van der Waals surface area contributed by atoms with Crippen LogP contribution in [-0.2, 0) is 16.4 Å². The van der Waals surface area contributed by atoms with Crippen molar-refractivity contribution in [1.29, 1.82) is 0 Å². The van der Waals surface area contributed by atoms with Crippen molar-refractivity contribution in [3.63, 3.8) is 0 Å². The lowest BCUT2D eigenvalue weighted by Crippen LogP contribution is -2.54. The molecule has 2 amide bonds. The molecule has 0 aromatic heterocycles. The van der Waals surface area contributed by atoms with Gasteiger partial charge in [-0.15, -0.1) is 0 Å². The predicted molar refractivity (Wildman–Crippen MR) is 114 cm³/mol. The second-order valence-electron chi connectivity index (χ2n) is 7.91. The van der Waals surface area contributed by atoms with Crippen molar-refractivity contribution in [2.24, 2.45) is 0 Å². The van der Waals surface area contributed by atoms with E-state index in [1.54, 1.807) is 26.0 Å². The summed E-state index contributed by atoms with van der Waals surface area (Å²) in [6.07, 6.45) is 0.0191. The van der Waals surface area contributed by atoms with Gasteiger partial charge in [0.2, 0.25) is 10.0 Å². The Hall–Kier alpha value is -2.52. The summed E-state index contributed by atoms with van der Waals surface area (Å²) < 4.78 is 55.1. The smallest absolute Gasteiger partial charge is 0.317 e. The van der Waals surface area contributed by atoms with Crippen molar-refractivity contribution in [2.45, 2.75) is 38.1 Å². The normalized spacial score (nSPS) is 16.2. The first-order chi connectivity index (χ1) is 14.6. The van der Waals surface area contributed by atoms with E-state index in [1.807, 2.05) is 13.0 Å². The summed E-state index contributed by atoms with van der Waals surface area (Å²) in [5, 5.41) is 2.74. The topological polar surface area (TPSA) is 69.7 Å². The first kappa shape index (κ1) is 23.1. The van der Waals surface area contributed by atoms with Gasteiger partial charge in [0.15, 0.2) is 0 Å². The van der Waals surface area contributed by atoms with E-state index in [9.17, 15) is 22.0 Å². The Morgan fingerprint density at radius 2 is 1.68 bits per heavy atom. The molecule has 1 atom stereocenters. The molecule has 1 unspecified atom stereocenters. The third kappa shape index (κ3) is 5.22. The number of benzene rings is 2. The highest BCUT2D eigenvalue weighted by Crippen LogP contribution is 2.22. The number of halogens is 2. The van der Waals surface area contributed by atoms with Crippen LogP contribution in [0.2, 0.25) is 0 Å². The molecule has 0 saturated carbocycles. The molecule has 168 valence electrons. The number of hydrogen-bond donors (Lipinski definition) is 1. The highest BCUT2D eigenvalue weighted by molar-refractivity contribution is 7.89. The van der Waals surface area contributed by atoms with Crippen LogP contribution in [0.1, 0.15) is 23.6 Å². The molecule has 2 aromatic rings. The van der Waals surface area contributed by atoms with Crippen LogP contribution in [-0.4, -0.2) is 55.9 Å². The number of hydrogen-bond acceptors (Lipinski definition) is 3. The van der Waals surface area contributed by atoms with Crippen molar-refractivity contribution >= 4 is 16.1 Å². The molecule has 1 fully saturated rings. The van der Waals surface area contributed by atoms with Gasteiger partial charge in [-0.1, -0.05) is 18.2 Å². The Kier molecular flexibility index (Phi) is 6.96. The van der Waals surface area contributed by atoms with E-state index in [1.165, 1.54) is 27.4 Å². The third-order valence-corrected chi connectivity index (χ3v) is 7.47. The number of sulfonamides is 1. The van der Waals surface area contributed by atoms with Crippen LogP contribution in [0.5, 0.6) is 0 Å². The van der Waals surface area contributed by atoms with Gasteiger partial charge in [-0.3, -0.25) is 0 Å². The lowest BCUT2D eigenvalue weighted by Gasteiger charge is -2.35. The molecule has 0 radical (unpaired) electrons. The maximum atomic E-state index is 13.8. The molecule has 1 N–H and O–H groups in total. The molecular formula is C22H27F2N3O3S. The van der Waals surface area contributed by atoms with E-state index < -0.39 is 27.7 Å². The highest BCUT2D eigenvalue weighted by atomic mass is 32.2. The first-order valence-corrected chi connectivity index (χ1v) is 11.6. The van der Waals surface area contributed by atoms with Crippen molar-refractivity contribution in [2.75, 3.05) is 26.2 Å². The number of nitrogens with zero attached hydrogens (tertiary/aromatic N) is 2. The van der Waals surface area contributed by atoms with Gasteiger partial charge in [-0.2, -0.15) is 4.31 Å². The average molecular weight is 452 g/mol. The fourth-order valence-electron chi connectivity index (χ4n) is 3.64. The minimum absolute atomic E-state index is 0.0191. The second-order valence-corrected chi connectivity index (χ2v) is 9.82. The van der Waals surface area contributed by atoms with Gasteiger partial charge in [0.05, 0.1) is 4.90 Å². The summed E-state index contributed by atoms with van der Waals surface area (Å²) in [5.74, 6) is -1.29. The van der Waals surface area contributed by atoms with E-state index in [2.05, 4.69) is 5.32 Å². The van der Waals surface area contributed by atoms with Crippen LogP contribution < -0.4 is 5.32 Å². The molecule has 0 bridgehead atoms. The molecular weight excluding hydrogens is 424 g/mol. The first-order valence-electron chi connectivity index (χ1n) is 10.2. The number of rotatable bonds is 5. The summed E-state index contributed by atoms with van der Waals surface area (Å²) in [6, 6.07) is 8.10. The van der Waals surface area contributed by atoms with Crippen molar-refractivity contribution in [3.05, 3.63) is 64.7 Å². The quantitative estimate of drug-likeness (QED) is 0.759. The Morgan fingerprint density at radius 1 is 1.06 bits per heavy atom. The van der Waals surface area contributed by atoms with E-state index in [0.29, 0.717) is 5.56 Å². The Labute approximate surface area is 181 Å². The number of carbonyl (C=O) groups is 1. The van der Waals surface area contributed by atoms with E-state index in [-0.39, 0.29) is 49.1 Å². The SMILES string of the molecule is Cc1ccc(C)c(S(=O)(=O)N2CCN(C(=O)NC(C)Cc3c(F)cccc3F)CC2)c1. The number of carbonyl (C=O) groups excluding carboxylic acids is 1. The molecule has 0 spiro atoms. The van der Waals surface area contributed by atoms with Gasteiger partial charge >= 0.3 is 6.03 Å². The molecule has 31 heavy (non-hydrogen) atoms. The van der Waals surface area contributed by atoms with E-state index in [0.717, 1.165) is 5.56 Å². The van der Waals surface area contributed by atoms with Crippen LogP contribution in [0.4, 0.5) is 13.6 Å². The Balaban J connectivity index is 1.59. The van der Waals surface area contributed by atoms with Crippen LogP contribution in [0.3, 0.4) is 0 Å². The Morgan fingerprint density at radius 3 is 2.29 bits per heavy atom. The summed E-state index contributed by atoms with van der Waals surface area (Å²) >= 11 is 0. The molecule has 6 nitrogen and oxygen atoms in total. The molecule has 1 aliphatic heterocycles. The lowest BCUT2D eigenvalue weighted by atomic mass is 10.1. The van der Waals surface area contributed by atoms with Gasteiger partial charge in [-0.05, 0) is 56.5 Å². The van der Waals surface area contributed by atoms with Gasteiger partial charge < -0.3 is 10.2 Å². The molecule has 1 saturated heterocycles. The van der Waals surface area contributed by atoms with E-state index >= 15 is 0 Å². The van der Waals surface area contributed by atoms with Crippen molar-refractivity contribution in [3.8, 4) is 0 Å². The largest absolute Gasteiger partial charge is 0.335 e. The highest BCUT2D eigenvalue weighted by Gasteiger charge is 2.31. The predicted octanol–water partition coefficient (Wildman–Crippen LogP) is 3.23. The number of nitrogens with one attached hydrogen (secondary N) is 1. The molecule has 9 heteroatoms. The van der Waals surface area contributed by atoms with Crippen LogP contribution >= 0.6 is 0 Å². The van der Waals surface area contributed by atoms with Gasteiger partial charge in [0.1, 0.15) is 11.6 Å². The van der Waals surface area contributed by atoms with Crippen molar-refractivity contribution < 1.29 is 22.0 Å². The maximum Gasteiger partial charge on any atom is 0.317 e. The molecule has 3 rings (SSSR count). The number of amides is 2. The van der Waals surface area contributed by atoms with Crippen LogP contribution in [0, 0.1) is 25.5 Å². The second kappa shape index (κ2) is 9.32. The fourth-order valence-corrected chi connectivity index (χ4v) is 5.37. The third-order valence-electron chi connectivity index (χ3n) is 5.43. The zero-order valence-electron chi connectivity index (χ0n) is 17.9. The molecule has 2 aromatic carbocycles. The molecule has 1 heterocycles. The monoisotopic (exact) mass is 451 g/mol.